The molecule has 1 saturated carbocycles. The van der Waals surface area contributed by atoms with Gasteiger partial charge in [-0.25, -0.2) is 13.6 Å². The Kier molecular flexibility index (Phi) is 2.66. The summed E-state index contributed by atoms with van der Waals surface area (Å²) >= 11 is 0. The lowest BCUT2D eigenvalue weighted by Gasteiger charge is -2.19. The van der Waals surface area contributed by atoms with E-state index < -0.39 is 17.8 Å². The summed E-state index contributed by atoms with van der Waals surface area (Å²) in [6.07, 6.45) is 0.927. The molecule has 0 aromatic heterocycles. The molecule has 0 spiro atoms. The number of rotatable bonds is 2. The first kappa shape index (κ1) is 11.0. The van der Waals surface area contributed by atoms with E-state index in [1.165, 1.54) is 24.3 Å². The van der Waals surface area contributed by atoms with Gasteiger partial charge in [0.2, 0.25) is 0 Å². The summed E-state index contributed by atoms with van der Waals surface area (Å²) in [4.78, 5) is 10.6. The third-order valence-corrected chi connectivity index (χ3v) is 3.07. The smallest absolute Gasteiger partial charge is 0.335 e. The molecule has 2 nitrogen and oxygen atoms in total. The Morgan fingerprint density at radius 1 is 1.31 bits per heavy atom. The van der Waals surface area contributed by atoms with Crippen LogP contribution in [0.2, 0.25) is 0 Å². The van der Waals surface area contributed by atoms with E-state index in [0.717, 1.165) is 0 Å². The van der Waals surface area contributed by atoms with Gasteiger partial charge in [-0.15, -0.1) is 0 Å². The van der Waals surface area contributed by atoms with Gasteiger partial charge in [0.25, 0.3) is 5.92 Å². The Balaban J connectivity index is 2.25. The van der Waals surface area contributed by atoms with Crippen LogP contribution in [-0.2, 0) is 0 Å². The maximum Gasteiger partial charge on any atom is 0.335 e. The average molecular weight is 226 g/mol. The van der Waals surface area contributed by atoms with Crippen LogP contribution in [-0.4, -0.2) is 17.0 Å². The van der Waals surface area contributed by atoms with E-state index in [0.29, 0.717) is 18.4 Å². The lowest BCUT2D eigenvalue weighted by atomic mass is 9.94. The normalized spacial score (nSPS) is 23.2. The van der Waals surface area contributed by atoms with Gasteiger partial charge in [-0.05, 0) is 30.5 Å². The Hall–Kier alpha value is -1.45. The minimum Gasteiger partial charge on any atom is -0.478 e. The molecule has 0 heterocycles. The maximum absolute atomic E-state index is 13.4. The Bertz CT molecular complexity index is 398. The summed E-state index contributed by atoms with van der Waals surface area (Å²) in [5.74, 6) is -4.44. The minimum atomic E-state index is -2.65. The van der Waals surface area contributed by atoms with Crippen LogP contribution in [0.4, 0.5) is 8.78 Å². The Morgan fingerprint density at radius 2 is 1.94 bits per heavy atom. The number of alkyl halides is 2. The highest BCUT2D eigenvalue weighted by Gasteiger charge is 2.44. The molecule has 1 atom stereocenters. The minimum absolute atomic E-state index is 0.0711. The molecule has 0 saturated heterocycles. The monoisotopic (exact) mass is 226 g/mol. The van der Waals surface area contributed by atoms with Crippen LogP contribution in [0, 0.1) is 0 Å². The third-order valence-electron chi connectivity index (χ3n) is 3.07. The van der Waals surface area contributed by atoms with E-state index in [9.17, 15) is 13.6 Å². The van der Waals surface area contributed by atoms with Crippen molar-refractivity contribution in [3.05, 3.63) is 35.4 Å². The molecule has 0 bridgehead atoms. The second-order valence-electron chi connectivity index (χ2n) is 4.13. The van der Waals surface area contributed by atoms with E-state index in [2.05, 4.69) is 0 Å². The highest BCUT2D eigenvalue weighted by molar-refractivity contribution is 5.87. The molecule has 1 aliphatic rings. The molecule has 1 N–H and O–H groups in total. The van der Waals surface area contributed by atoms with Crippen molar-refractivity contribution in [2.24, 2.45) is 0 Å². The van der Waals surface area contributed by atoms with Crippen LogP contribution in [0.1, 0.15) is 41.1 Å². The van der Waals surface area contributed by atoms with Crippen molar-refractivity contribution in [3.8, 4) is 0 Å². The molecule has 1 unspecified atom stereocenters. The van der Waals surface area contributed by atoms with Gasteiger partial charge in [0.05, 0.1) is 5.56 Å². The first-order valence-electron chi connectivity index (χ1n) is 5.22. The summed E-state index contributed by atoms with van der Waals surface area (Å²) in [6, 6.07) is 5.75. The maximum atomic E-state index is 13.4. The number of carboxylic acid groups (broad SMARTS) is 1. The van der Waals surface area contributed by atoms with Crippen LogP contribution in [0.15, 0.2) is 24.3 Å². The van der Waals surface area contributed by atoms with Crippen molar-refractivity contribution in [1.29, 1.82) is 0 Å². The van der Waals surface area contributed by atoms with E-state index in [1.54, 1.807) is 0 Å². The van der Waals surface area contributed by atoms with Gasteiger partial charge in [0.1, 0.15) is 0 Å². The molecule has 0 aliphatic heterocycles. The summed E-state index contributed by atoms with van der Waals surface area (Å²) in [5.41, 5.74) is 0.664. The number of hydrogen-bond donors (Lipinski definition) is 1. The third kappa shape index (κ3) is 1.92. The summed E-state index contributed by atoms with van der Waals surface area (Å²) in [6.45, 7) is 0. The number of aromatic carboxylic acids is 1. The molecule has 1 fully saturated rings. The van der Waals surface area contributed by atoms with Gasteiger partial charge in [-0.2, -0.15) is 0 Å². The van der Waals surface area contributed by atoms with Crippen molar-refractivity contribution < 1.29 is 18.7 Å². The van der Waals surface area contributed by atoms with E-state index in [-0.39, 0.29) is 12.0 Å². The quantitative estimate of drug-likeness (QED) is 0.840. The number of halogens is 2. The van der Waals surface area contributed by atoms with Gasteiger partial charge in [-0.3, -0.25) is 0 Å². The van der Waals surface area contributed by atoms with Crippen LogP contribution in [0.25, 0.3) is 0 Å². The summed E-state index contributed by atoms with van der Waals surface area (Å²) in [7, 11) is 0. The topological polar surface area (TPSA) is 37.3 Å². The van der Waals surface area contributed by atoms with Gasteiger partial charge in [0, 0.05) is 12.3 Å². The predicted octanol–water partition coefficient (Wildman–Crippen LogP) is 3.29. The van der Waals surface area contributed by atoms with Crippen molar-refractivity contribution >= 4 is 5.97 Å². The first-order valence-corrected chi connectivity index (χ1v) is 5.22. The molecule has 1 aliphatic carbocycles. The molecule has 0 amide bonds. The van der Waals surface area contributed by atoms with Crippen molar-refractivity contribution in [3.63, 3.8) is 0 Å². The zero-order valence-corrected chi connectivity index (χ0v) is 8.62. The zero-order chi connectivity index (χ0) is 11.8. The molecule has 4 heteroatoms. The highest BCUT2D eigenvalue weighted by Crippen LogP contribution is 2.46. The molecule has 1 aromatic carbocycles. The van der Waals surface area contributed by atoms with E-state index in [1.807, 2.05) is 0 Å². The van der Waals surface area contributed by atoms with E-state index >= 15 is 0 Å². The van der Waals surface area contributed by atoms with Gasteiger partial charge in [0.15, 0.2) is 0 Å². The fourth-order valence-electron chi connectivity index (χ4n) is 2.20. The Morgan fingerprint density at radius 3 is 2.38 bits per heavy atom. The second kappa shape index (κ2) is 3.85. The molecule has 1 aromatic rings. The SMILES string of the molecule is O=C(O)c1ccc(C2CCCC2(F)F)cc1. The number of carbonyl (C=O) groups is 1. The van der Waals surface area contributed by atoms with Crippen molar-refractivity contribution in [2.45, 2.75) is 31.1 Å². The van der Waals surface area contributed by atoms with Crippen molar-refractivity contribution in [2.75, 3.05) is 0 Å². The number of hydrogen-bond acceptors (Lipinski definition) is 1. The lowest BCUT2D eigenvalue weighted by Crippen LogP contribution is -2.19. The zero-order valence-electron chi connectivity index (χ0n) is 8.62. The second-order valence-corrected chi connectivity index (χ2v) is 4.13. The number of benzene rings is 1. The molecular formula is C12H12F2O2. The fraction of sp³-hybridized carbons (Fsp3) is 0.417. The van der Waals surface area contributed by atoms with Crippen LogP contribution in [0.5, 0.6) is 0 Å². The molecule has 16 heavy (non-hydrogen) atoms. The molecule has 86 valence electrons. The predicted molar refractivity (Wildman–Crippen MR) is 54.9 cm³/mol. The standard InChI is InChI=1S/C12H12F2O2/c13-12(14)7-1-2-10(12)8-3-5-9(6-4-8)11(15)16/h3-6,10H,1-2,7H2,(H,15,16). The van der Waals surface area contributed by atoms with Crippen LogP contribution < -0.4 is 0 Å². The summed E-state index contributed by atoms with van der Waals surface area (Å²) < 4.78 is 26.9. The molecule has 0 radical (unpaired) electrons. The van der Waals surface area contributed by atoms with Gasteiger partial charge >= 0.3 is 5.97 Å². The van der Waals surface area contributed by atoms with Crippen LogP contribution >= 0.6 is 0 Å². The first-order chi connectivity index (χ1) is 7.50. The van der Waals surface area contributed by atoms with Crippen LogP contribution in [0.3, 0.4) is 0 Å². The van der Waals surface area contributed by atoms with Crippen molar-refractivity contribution in [1.82, 2.24) is 0 Å². The van der Waals surface area contributed by atoms with E-state index in [4.69, 9.17) is 5.11 Å². The Labute approximate surface area is 91.9 Å². The number of carboxylic acids is 1. The lowest BCUT2D eigenvalue weighted by molar-refractivity contribution is -0.00895. The van der Waals surface area contributed by atoms with Gasteiger partial charge < -0.3 is 5.11 Å². The fourth-order valence-corrected chi connectivity index (χ4v) is 2.20. The average Bonchev–Trinajstić information content (AvgIpc) is 2.58. The highest BCUT2D eigenvalue weighted by atomic mass is 19.3. The molecular weight excluding hydrogens is 214 g/mol. The largest absolute Gasteiger partial charge is 0.478 e. The van der Waals surface area contributed by atoms with Gasteiger partial charge in [-0.1, -0.05) is 12.1 Å². The molecule has 2 rings (SSSR count). The summed E-state index contributed by atoms with van der Waals surface area (Å²) in [5, 5.41) is 8.70.